The zero-order valence-electron chi connectivity index (χ0n) is 16.7. The molecule has 30 heavy (non-hydrogen) atoms. The number of thiophene rings is 1. The molecule has 0 atom stereocenters. The molecule has 154 valence electrons. The monoisotopic (exact) mass is 422 g/mol. The third-order valence-electron chi connectivity index (χ3n) is 6.10. The van der Waals surface area contributed by atoms with Crippen LogP contribution in [0.3, 0.4) is 0 Å². The van der Waals surface area contributed by atoms with Gasteiger partial charge in [0.15, 0.2) is 4.83 Å². The van der Waals surface area contributed by atoms with Crippen LogP contribution in [0.2, 0.25) is 0 Å². The molecule has 1 fully saturated rings. The van der Waals surface area contributed by atoms with Crippen molar-refractivity contribution in [1.29, 1.82) is 0 Å². The fraction of sp³-hybridized carbons (Fsp3) is 0.409. The summed E-state index contributed by atoms with van der Waals surface area (Å²) in [4.78, 5) is 16.7. The molecular formula is C22H24N5O2S+. The smallest absolute Gasteiger partial charge is 0.279 e. The highest BCUT2D eigenvalue weighted by Gasteiger charge is 2.30. The first-order chi connectivity index (χ1) is 14.9. The lowest BCUT2D eigenvalue weighted by Crippen LogP contribution is -2.40. The molecule has 0 spiro atoms. The Labute approximate surface area is 178 Å². The van der Waals surface area contributed by atoms with Crippen LogP contribution in [-0.2, 0) is 24.1 Å². The lowest BCUT2D eigenvalue weighted by atomic mass is 9.90. The second kappa shape index (κ2) is 7.52. The fourth-order valence-electron chi connectivity index (χ4n) is 4.67. The summed E-state index contributed by atoms with van der Waals surface area (Å²) in [6.07, 6.45) is 8.09. The Balaban J connectivity index is 1.49. The predicted octanol–water partition coefficient (Wildman–Crippen LogP) is 3.58. The van der Waals surface area contributed by atoms with Crippen LogP contribution in [0.25, 0.3) is 20.4 Å². The quantitative estimate of drug-likeness (QED) is 0.542. The molecule has 0 amide bonds. The molecule has 0 bridgehead atoms. The predicted molar refractivity (Wildman–Crippen MR) is 117 cm³/mol. The normalized spacial score (nSPS) is 16.9. The number of aromatic nitrogens is 3. The molecule has 4 aromatic heterocycles. The van der Waals surface area contributed by atoms with Crippen molar-refractivity contribution in [3.63, 3.8) is 0 Å². The van der Waals surface area contributed by atoms with Gasteiger partial charge >= 0.3 is 0 Å². The van der Waals surface area contributed by atoms with Gasteiger partial charge in [-0.15, -0.1) is 0 Å². The van der Waals surface area contributed by atoms with Crippen molar-refractivity contribution >= 4 is 43.4 Å². The Morgan fingerprint density at radius 1 is 1.13 bits per heavy atom. The van der Waals surface area contributed by atoms with Gasteiger partial charge < -0.3 is 14.5 Å². The summed E-state index contributed by atoms with van der Waals surface area (Å²) in [5, 5.41) is 4.72. The Hall–Kier alpha value is -2.71. The maximum atomic E-state index is 5.59. The molecule has 2 aliphatic rings. The lowest BCUT2D eigenvalue weighted by molar-refractivity contribution is -0.328. The zero-order valence-corrected chi connectivity index (χ0v) is 17.6. The van der Waals surface area contributed by atoms with Crippen molar-refractivity contribution in [2.45, 2.75) is 32.2 Å². The van der Waals surface area contributed by atoms with Gasteiger partial charge in [0.25, 0.3) is 5.82 Å². The number of hydrogen-bond acceptors (Lipinski definition) is 7. The van der Waals surface area contributed by atoms with Gasteiger partial charge in [0.2, 0.25) is 0 Å². The summed E-state index contributed by atoms with van der Waals surface area (Å²) >= 11 is 1.74. The van der Waals surface area contributed by atoms with Crippen molar-refractivity contribution in [2.75, 3.05) is 36.5 Å². The highest BCUT2D eigenvalue weighted by atomic mass is 32.1. The Kier molecular flexibility index (Phi) is 4.53. The van der Waals surface area contributed by atoms with Gasteiger partial charge in [0.05, 0.1) is 36.9 Å². The number of pyridine rings is 1. The van der Waals surface area contributed by atoms with Gasteiger partial charge in [-0.05, 0) is 43.4 Å². The van der Waals surface area contributed by atoms with Crippen LogP contribution in [0.5, 0.6) is 0 Å². The molecule has 0 saturated carbocycles. The number of rotatable bonds is 4. The SMILES string of the molecule is c1coc(CNc2ncnc3c2sc2[nH+]c(N4CCOCC4)c4c(c23)CCCC4)c1. The van der Waals surface area contributed by atoms with E-state index in [0.717, 1.165) is 60.9 Å². The molecule has 6 rings (SSSR count). The van der Waals surface area contributed by atoms with Crippen LogP contribution in [0.4, 0.5) is 11.6 Å². The summed E-state index contributed by atoms with van der Waals surface area (Å²) in [5.41, 5.74) is 3.99. The first-order valence-corrected chi connectivity index (χ1v) is 11.4. The molecule has 1 aliphatic heterocycles. The molecular weight excluding hydrogens is 398 g/mol. The van der Waals surface area contributed by atoms with E-state index in [-0.39, 0.29) is 0 Å². The van der Waals surface area contributed by atoms with E-state index in [0.29, 0.717) is 6.54 Å². The Morgan fingerprint density at radius 2 is 2.00 bits per heavy atom. The number of nitrogens with zero attached hydrogens (tertiary/aromatic N) is 3. The first kappa shape index (κ1) is 18.1. The van der Waals surface area contributed by atoms with E-state index in [2.05, 4.69) is 20.2 Å². The topological polar surface area (TPSA) is 77.6 Å². The number of ether oxygens (including phenoxy) is 1. The number of H-pyrrole nitrogens is 1. The minimum atomic E-state index is 0.605. The van der Waals surface area contributed by atoms with E-state index in [1.54, 1.807) is 23.9 Å². The van der Waals surface area contributed by atoms with Crippen LogP contribution in [0, 0.1) is 0 Å². The lowest BCUT2D eigenvalue weighted by Gasteiger charge is -2.25. The highest BCUT2D eigenvalue weighted by Crippen LogP contribution is 2.41. The first-order valence-electron chi connectivity index (χ1n) is 10.6. The highest BCUT2D eigenvalue weighted by molar-refractivity contribution is 7.25. The summed E-state index contributed by atoms with van der Waals surface area (Å²) in [5.74, 6) is 3.04. The Morgan fingerprint density at radius 3 is 2.83 bits per heavy atom. The van der Waals surface area contributed by atoms with E-state index < -0.39 is 0 Å². The maximum Gasteiger partial charge on any atom is 0.279 e. The molecule has 7 nitrogen and oxygen atoms in total. The molecule has 1 aliphatic carbocycles. The molecule has 1 saturated heterocycles. The van der Waals surface area contributed by atoms with Crippen LogP contribution < -0.4 is 15.2 Å². The van der Waals surface area contributed by atoms with E-state index >= 15 is 0 Å². The van der Waals surface area contributed by atoms with Crippen molar-refractivity contribution in [2.24, 2.45) is 0 Å². The number of aryl methyl sites for hydroxylation is 1. The molecule has 0 unspecified atom stereocenters. The van der Waals surface area contributed by atoms with Gasteiger partial charge in [-0.1, -0.05) is 11.3 Å². The number of hydrogen-bond donors (Lipinski definition) is 1. The van der Waals surface area contributed by atoms with E-state index in [9.17, 15) is 0 Å². The molecule has 5 heterocycles. The van der Waals surface area contributed by atoms with Crippen LogP contribution >= 0.6 is 11.3 Å². The largest absolute Gasteiger partial charge is 0.467 e. The fourth-order valence-corrected chi connectivity index (χ4v) is 5.82. The molecule has 0 aromatic carbocycles. The minimum Gasteiger partial charge on any atom is -0.467 e. The van der Waals surface area contributed by atoms with Gasteiger partial charge in [0, 0.05) is 5.56 Å². The van der Waals surface area contributed by atoms with Crippen LogP contribution in [0.15, 0.2) is 29.1 Å². The molecule has 0 radical (unpaired) electrons. The number of fused-ring (bicyclic) bond motifs is 5. The zero-order chi connectivity index (χ0) is 19.9. The molecule has 8 heteroatoms. The third kappa shape index (κ3) is 3.02. The van der Waals surface area contributed by atoms with Gasteiger partial charge in [0.1, 0.15) is 35.7 Å². The molecule has 4 aromatic rings. The van der Waals surface area contributed by atoms with E-state index in [1.165, 1.54) is 40.0 Å². The third-order valence-corrected chi connectivity index (χ3v) is 7.20. The number of furan rings is 1. The van der Waals surface area contributed by atoms with Crippen molar-refractivity contribution in [1.82, 2.24) is 9.97 Å². The number of aromatic amines is 1. The summed E-state index contributed by atoms with van der Waals surface area (Å²) < 4.78 is 12.1. The van der Waals surface area contributed by atoms with Gasteiger partial charge in [-0.3, -0.25) is 4.90 Å². The summed E-state index contributed by atoms with van der Waals surface area (Å²) in [6, 6.07) is 3.87. The van der Waals surface area contributed by atoms with Crippen molar-refractivity contribution < 1.29 is 14.1 Å². The standard InChI is InChI=1S/C22H23N5O2S/c1-2-6-16-15(5-1)17-18-19(20(25-13-24-18)23-12-14-4-3-9-29-14)30-22(17)26-21(16)27-7-10-28-11-8-27/h3-4,9,13H,1-2,5-8,10-12H2,(H,23,24,25)/p+1. The van der Waals surface area contributed by atoms with E-state index in [4.69, 9.17) is 14.1 Å². The number of nitrogens with one attached hydrogen (secondary N) is 2. The average molecular weight is 423 g/mol. The maximum absolute atomic E-state index is 5.59. The Bertz CT molecular complexity index is 1200. The second-order valence-electron chi connectivity index (χ2n) is 7.88. The van der Waals surface area contributed by atoms with Gasteiger partial charge in [-0.25, -0.2) is 15.0 Å². The van der Waals surface area contributed by atoms with Crippen LogP contribution in [0.1, 0.15) is 29.7 Å². The summed E-state index contributed by atoms with van der Waals surface area (Å²) in [7, 11) is 0. The van der Waals surface area contributed by atoms with E-state index in [1.807, 2.05) is 12.1 Å². The summed E-state index contributed by atoms with van der Waals surface area (Å²) in [6.45, 7) is 4.07. The number of anilines is 2. The minimum absolute atomic E-state index is 0.605. The van der Waals surface area contributed by atoms with Crippen LogP contribution in [-0.4, -0.2) is 36.3 Å². The van der Waals surface area contributed by atoms with Gasteiger partial charge in [-0.2, -0.15) is 0 Å². The van der Waals surface area contributed by atoms with Crippen molar-refractivity contribution in [3.8, 4) is 0 Å². The molecule has 2 N–H and O–H groups in total. The second-order valence-corrected chi connectivity index (χ2v) is 8.90. The van der Waals surface area contributed by atoms with Crippen molar-refractivity contribution in [3.05, 3.63) is 41.6 Å². The average Bonchev–Trinajstić information content (AvgIpc) is 3.45. The number of morpholine rings is 1.